The minimum atomic E-state index is -0.495. The number of aliphatic hydroxyl groups excluding tert-OH is 1. The molecule has 0 aromatic heterocycles. The summed E-state index contributed by atoms with van der Waals surface area (Å²) in [5.41, 5.74) is 1.46. The predicted octanol–water partition coefficient (Wildman–Crippen LogP) is 4.24. The predicted molar refractivity (Wildman–Crippen MR) is 132 cm³/mol. The van der Waals surface area contributed by atoms with E-state index in [0.717, 1.165) is 43.2 Å². The molecule has 0 heterocycles. The normalized spacial score (nSPS) is 39.7. The van der Waals surface area contributed by atoms with Crippen LogP contribution >= 0.6 is 0 Å². The molecule has 7 nitrogen and oxygen atoms in total. The molecule has 4 aliphatic carbocycles. The fraction of sp³-hybridized carbons (Fsp3) is 0.889. The van der Waals surface area contributed by atoms with Gasteiger partial charge in [0.25, 0.3) is 0 Å². The van der Waals surface area contributed by atoms with E-state index in [9.17, 15) is 14.7 Å². The van der Waals surface area contributed by atoms with E-state index in [1.807, 2.05) is 14.0 Å². The van der Waals surface area contributed by atoms with Crippen molar-refractivity contribution in [3.8, 4) is 0 Å². The Morgan fingerprint density at radius 2 is 1.88 bits per heavy atom. The Morgan fingerprint density at radius 3 is 2.62 bits per heavy atom. The van der Waals surface area contributed by atoms with Gasteiger partial charge in [-0.1, -0.05) is 19.0 Å². The van der Waals surface area contributed by atoms with Crippen molar-refractivity contribution in [2.75, 3.05) is 33.3 Å². The van der Waals surface area contributed by atoms with Gasteiger partial charge in [0.2, 0.25) is 0 Å². The molecule has 0 aromatic rings. The van der Waals surface area contributed by atoms with Crippen LogP contribution in [0.15, 0.2) is 5.16 Å². The molecule has 192 valence electrons. The number of carbonyl (C=O) groups excluding carboxylic acids is 2. The molecule has 4 saturated carbocycles. The third-order valence-electron chi connectivity index (χ3n) is 10.5. The number of fused-ring (bicyclic) bond motifs is 5. The number of nitrogens with one attached hydrogen (secondary N) is 1. The maximum absolute atomic E-state index is 12.5. The Bertz CT molecular complexity index is 801. The van der Waals surface area contributed by atoms with E-state index >= 15 is 0 Å². The molecule has 7 atom stereocenters. The van der Waals surface area contributed by atoms with E-state index in [-0.39, 0.29) is 18.6 Å². The Balaban J connectivity index is 1.44. The molecule has 1 amide bonds. The van der Waals surface area contributed by atoms with Gasteiger partial charge >= 0.3 is 6.09 Å². The van der Waals surface area contributed by atoms with Gasteiger partial charge in [0.05, 0.1) is 12.3 Å². The first-order valence-corrected chi connectivity index (χ1v) is 13.5. The Kier molecular flexibility index (Phi) is 7.73. The molecular weight excluding hydrogens is 430 g/mol. The summed E-state index contributed by atoms with van der Waals surface area (Å²) in [5, 5.41) is 16.6. The molecule has 34 heavy (non-hydrogen) atoms. The molecule has 0 bridgehead atoms. The fourth-order valence-electron chi connectivity index (χ4n) is 8.63. The van der Waals surface area contributed by atoms with Gasteiger partial charge in [0.15, 0.2) is 0 Å². The van der Waals surface area contributed by atoms with Crippen molar-refractivity contribution >= 4 is 17.6 Å². The second kappa shape index (κ2) is 10.3. The van der Waals surface area contributed by atoms with Gasteiger partial charge < -0.3 is 15.3 Å². The smallest absolute Gasteiger partial charge is 0.395 e. The van der Waals surface area contributed by atoms with Crippen molar-refractivity contribution < 1.29 is 19.5 Å². The van der Waals surface area contributed by atoms with Crippen LogP contribution in [0.1, 0.15) is 78.6 Å². The zero-order valence-electron chi connectivity index (χ0n) is 21.6. The molecule has 4 aliphatic rings. The maximum Gasteiger partial charge on any atom is 0.436 e. The average Bonchev–Trinajstić information content (AvgIpc) is 3.17. The van der Waals surface area contributed by atoms with Crippen LogP contribution in [0, 0.1) is 40.4 Å². The van der Waals surface area contributed by atoms with Crippen LogP contribution in [0.2, 0.25) is 0 Å². The van der Waals surface area contributed by atoms with Gasteiger partial charge in [0, 0.05) is 38.4 Å². The van der Waals surface area contributed by atoms with Crippen molar-refractivity contribution in [3.63, 3.8) is 0 Å². The van der Waals surface area contributed by atoms with Crippen molar-refractivity contribution in [3.05, 3.63) is 0 Å². The second-order valence-electron chi connectivity index (χ2n) is 12.0. The van der Waals surface area contributed by atoms with Gasteiger partial charge in [-0.2, -0.15) is 0 Å². The van der Waals surface area contributed by atoms with Crippen LogP contribution in [0.25, 0.3) is 0 Å². The molecule has 0 spiro atoms. The number of hydrogen-bond donors (Lipinski definition) is 2. The summed E-state index contributed by atoms with van der Waals surface area (Å²) in [4.78, 5) is 31.5. The number of ketones is 1. The topological polar surface area (TPSA) is 91.2 Å². The maximum atomic E-state index is 12.5. The largest absolute Gasteiger partial charge is 0.436 e. The standard InChI is InChI=1S/C27H45N3O4/c1-18(29-34-25(33)30(15-16-31)14-13-28-4)22-7-8-23-21-6-5-19-17-20(32)9-11-26(19,2)24(21)10-12-27(22,23)3/h19,21-24,28,31H,5-17H2,1-4H3/b29-18+/t19-,21+,22-,23+,24+,26+,27-/m1/s1. The molecular formula is C27H45N3O4. The first-order valence-electron chi connectivity index (χ1n) is 13.5. The van der Waals surface area contributed by atoms with Gasteiger partial charge in [-0.25, -0.2) is 4.79 Å². The summed E-state index contributed by atoms with van der Waals surface area (Å²) in [6.45, 7) is 8.23. The zero-order valence-corrected chi connectivity index (χ0v) is 21.6. The molecule has 0 saturated heterocycles. The Hall–Kier alpha value is -1.47. The lowest BCUT2D eigenvalue weighted by Crippen LogP contribution is -2.53. The lowest BCUT2D eigenvalue weighted by Gasteiger charge is -2.60. The number of aliphatic hydroxyl groups is 1. The lowest BCUT2D eigenvalue weighted by atomic mass is 9.44. The van der Waals surface area contributed by atoms with Gasteiger partial charge in [-0.3, -0.25) is 9.63 Å². The highest BCUT2D eigenvalue weighted by Gasteiger charge is 2.60. The van der Waals surface area contributed by atoms with E-state index in [2.05, 4.69) is 24.3 Å². The second-order valence-corrected chi connectivity index (χ2v) is 12.0. The molecule has 0 aromatic carbocycles. The number of carbonyl (C=O) groups is 2. The summed E-state index contributed by atoms with van der Waals surface area (Å²) < 4.78 is 0. The Morgan fingerprint density at radius 1 is 1.12 bits per heavy atom. The molecule has 0 unspecified atom stereocenters. The highest BCUT2D eigenvalue weighted by molar-refractivity contribution is 5.85. The minimum absolute atomic E-state index is 0.0968. The van der Waals surface area contributed by atoms with Crippen molar-refractivity contribution in [2.45, 2.75) is 78.6 Å². The average molecular weight is 476 g/mol. The molecule has 2 N–H and O–H groups in total. The summed E-state index contributed by atoms with van der Waals surface area (Å²) in [5.74, 6) is 3.58. The van der Waals surface area contributed by atoms with Crippen LogP contribution in [-0.2, 0) is 9.63 Å². The van der Waals surface area contributed by atoms with Gasteiger partial charge in [-0.15, -0.1) is 0 Å². The highest BCUT2D eigenvalue weighted by atomic mass is 16.7. The van der Waals surface area contributed by atoms with E-state index in [0.29, 0.717) is 42.0 Å². The number of hydrogen-bond acceptors (Lipinski definition) is 6. The molecule has 0 radical (unpaired) electrons. The summed E-state index contributed by atoms with van der Waals surface area (Å²) in [7, 11) is 1.83. The minimum Gasteiger partial charge on any atom is -0.395 e. The highest BCUT2D eigenvalue weighted by Crippen LogP contribution is 2.67. The molecule has 7 heteroatoms. The van der Waals surface area contributed by atoms with Gasteiger partial charge in [-0.05, 0) is 93.4 Å². The quantitative estimate of drug-likeness (QED) is 0.326. The van der Waals surface area contributed by atoms with Crippen molar-refractivity contribution in [2.24, 2.45) is 45.6 Å². The van der Waals surface area contributed by atoms with Crippen LogP contribution in [0.5, 0.6) is 0 Å². The fourth-order valence-corrected chi connectivity index (χ4v) is 8.63. The SMILES string of the molecule is CNCCN(CCO)C(=O)O/N=C(\C)[C@H]1CC[C@H]2[C@@H]3CC[C@@H]4CC(=O)CC[C@]4(C)[C@H]3CC[C@]12C. The number of amides is 1. The molecule has 4 fully saturated rings. The molecule has 4 rings (SSSR count). The number of rotatable bonds is 7. The van der Waals surface area contributed by atoms with E-state index < -0.39 is 6.09 Å². The van der Waals surface area contributed by atoms with Crippen molar-refractivity contribution in [1.29, 1.82) is 0 Å². The Labute approximate surface area is 205 Å². The summed E-state index contributed by atoms with van der Waals surface area (Å²) in [6, 6.07) is 0. The van der Waals surface area contributed by atoms with Crippen molar-refractivity contribution in [1.82, 2.24) is 10.2 Å². The van der Waals surface area contributed by atoms with Crippen LogP contribution in [-0.4, -0.2) is 60.9 Å². The van der Waals surface area contributed by atoms with Gasteiger partial charge in [0.1, 0.15) is 5.78 Å². The van der Waals surface area contributed by atoms with Crippen LogP contribution in [0.4, 0.5) is 4.79 Å². The number of likely N-dealkylation sites (N-methyl/N-ethyl adjacent to an activating group) is 1. The number of Topliss-reactive ketones (excluding diaryl/α,β-unsaturated/α-hetero) is 1. The van der Waals surface area contributed by atoms with E-state index in [1.54, 1.807) is 0 Å². The summed E-state index contributed by atoms with van der Waals surface area (Å²) in [6.07, 6.45) is 9.41. The van der Waals surface area contributed by atoms with E-state index in [4.69, 9.17) is 4.84 Å². The molecule has 0 aliphatic heterocycles. The first-order chi connectivity index (χ1) is 16.2. The third kappa shape index (κ3) is 4.55. The zero-order chi connectivity index (χ0) is 24.5. The van der Waals surface area contributed by atoms with E-state index in [1.165, 1.54) is 37.0 Å². The van der Waals surface area contributed by atoms with Crippen LogP contribution < -0.4 is 5.32 Å². The summed E-state index contributed by atoms with van der Waals surface area (Å²) >= 11 is 0. The van der Waals surface area contributed by atoms with Crippen LogP contribution in [0.3, 0.4) is 0 Å². The first kappa shape index (κ1) is 25.6. The lowest BCUT2D eigenvalue weighted by molar-refractivity contribution is -0.138. The monoisotopic (exact) mass is 475 g/mol. The number of nitrogens with zero attached hydrogens (tertiary/aromatic N) is 2. The third-order valence-corrected chi connectivity index (χ3v) is 10.5. The number of oxime groups is 1.